The van der Waals surface area contributed by atoms with E-state index in [1.54, 1.807) is 24.3 Å². The molecule has 0 bridgehead atoms. The van der Waals surface area contributed by atoms with Gasteiger partial charge in [0.2, 0.25) is 0 Å². The summed E-state index contributed by atoms with van der Waals surface area (Å²) in [5.41, 5.74) is 1.33. The van der Waals surface area contributed by atoms with E-state index in [9.17, 15) is 19.8 Å². The lowest BCUT2D eigenvalue weighted by molar-refractivity contribution is -0.121. The van der Waals surface area contributed by atoms with Gasteiger partial charge in [-0.15, -0.1) is 0 Å². The summed E-state index contributed by atoms with van der Waals surface area (Å²) in [6, 6.07) is 9.40. The van der Waals surface area contributed by atoms with E-state index < -0.39 is 0 Å². The van der Waals surface area contributed by atoms with Crippen molar-refractivity contribution in [3.63, 3.8) is 0 Å². The number of carbonyl (C=O) groups is 2. The minimum atomic E-state index is -0.354. The van der Waals surface area contributed by atoms with E-state index in [1.807, 2.05) is 0 Å². The number of carbonyl (C=O) groups excluding carboxylic acids is 2. The molecule has 2 aromatic carbocycles. The number of allylic oxidation sites excluding steroid dienone is 2. The summed E-state index contributed by atoms with van der Waals surface area (Å²) >= 11 is 3.33. The number of methoxy groups -OCH3 is 1. The van der Waals surface area contributed by atoms with Gasteiger partial charge in [-0.25, -0.2) is 0 Å². The van der Waals surface area contributed by atoms with E-state index in [1.165, 1.54) is 43.5 Å². The molecular formula is C20H17BrO5. The fourth-order valence-electron chi connectivity index (χ4n) is 2.10. The second-order valence-corrected chi connectivity index (χ2v) is 6.27. The van der Waals surface area contributed by atoms with Crippen LogP contribution in [0.25, 0.3) is 12.2 Å². The monoisotopic (exact) mass is 416 g/mol. The molecule has 2 N–H and O–H groups in total. The first-order valence-electron chi connectivity index (χ1n) is 7.66. The van der Waals surface area contributed by atoms with Crippen LogP contribution < -0.4 is 4.74 Å². The Kier molecular flexibility index (Phi) is 6.74. The standard InChI is InChI=1S/C20H17BrO5/c1-26-20-12-18(21)14(10-19(20)25)5-9-17(24)11-16(23)8-4-13-2-6-15(22)7-3-13/h2-10,12,22,25H,11H2,1H3. The minimum absolute atomic E-state index is 0.0456. The number of hydrogen-bond acceptors (Lipinski definition) is 5. The Labute approximate surface area is 159 Å². The minimum Gasteiger partial charge on any atom is -0.508 e. The summed E-state index contributed by atoms with van der Waals surface area (Å²) in [5.74, 6) is -0.271. The van der Waals surface area contributed by atoms with Gasteiger partial charge in [-0.05, 0) is 47.5 Å². The summed E-state index contributed by atoms with van der Waals surface area (Å²) in [7, 11) is 1.44. The van der Waals surface area contributed by atoms with Crippen LogP contribution in [0.2, 0.25) is 0 Å². The average molecular weight is 417 g/mol. The summed E-state index contributed by atoms with van der Waals surface area (Å²) in [6.07, 6.45) is 5.45. The van der Waals surface area contributed by atoms with Crippen molar-refractivity contribution < 1.29 is 24.5 Å². The van der Waals surface area contributed by atoms with Gasteiger partial charge in [0.25, 0.3) is 0 Å². The summed E-state index contributed by atoms with van der Waals surface area (Å²) in [4.78, 5) is 23.8. The largest absolute Gasteiger partial charge is 0.508 e. The molecule has 0 saturated carbocycles. The van der Waals surface area contributed by atoms with Crippen molar-refractivity contribution in [1.29, 1.82) is 0 Å². The fraction of sp³-hybridized carbons (Fsp3) is 0.100. The Bertz CT molecular complexity index is 867. The first-order chi connectivity index (χ1) is 12.4. The lowest BCUT2D eigenvalue weighted by atomic mass is 10.1. The van der Waals surface area contributed by atoms with E-state index in [-0.39, 0.29) is 29.5 Å². The van der Waals surface area contributed by atoms with Crippen molar-refractivity contribution in [2.75, 3.05) is 7.11 Å². The first kappa shape index (κ1) is 19.5. The molecular weight excluding hydrogens is 400 g/mol. The maximum atomic E-state index is 11.9. The van der Waals surface area contributed by atoms with Crippen LogP contribution >= 0.6 is 15.9 Å². The predicted molar refractivity (Wildman–Crippen MR) is 103 cm³/mol. The third-order valence-electron chi connectivity index (χ3n) is 3.45. The van der Waals surface area contributed by atoms with Gasteiger partial charge in [0, 0.05) is 4.47 Å². The molecule has 134 valence electrons. The highest BCUT2D eigenvalue weighted by molar-refractivity contribution is 9.10. The number of aromatic hydroxyl groups is 2. The molecule has 0 radical (unpaired) electrons. The molecule has 0 saturated heterocycles. The second-order valence-electron chi connectivity index (χ2n) is 5.41. The Morgan fingerprint density at radius 3 is 2.27 bits per heavy atom. The van der Waals surface area contributed by atoms with Crippen molar-refractivity contribution in [2.45, 2.75) is 6.42 Å². The Morgan fingerprint density at radius 1 is 1.04 bits per heavy atom. The molecule has 2 aromatic rings. The van der Waals surface area contributed by atoms with E-state index in [2.05, 4.69) is 15.9 Å². The van der Waals surface area contributed by atoms with Gasteiger partial charge in [-0.1, -0.05) is 40.2 Å². The van der Waals surface area contributed by atoms with Gasteiger partial charge in [0.15, 0.2) is 23.1 Å². The van der Waals surface area contributed by atoms with Crippen LogP contribution in [-0.2, 0) is 9.59 Å². The van der Waals surface area contributed by atoms with Crippen LogP contribution in [0.5, 0.6) is 17.2 Å². The highest BCUT2D eigenvalue weighted by Gasteiger charge is 2.08. The highest BCUT2D eigenvalue weighted by atomic mass is 79.9. The maximum Gasteiger partial charge on any atom is 0.163 e. The molecule has 0 aliphatic rings. The van der Waals surface area contributed by atoms with Gasteiger partial charge >= 0.3 is 0 Å². The van der Waals surface area contributed by atoms with Crippen molar-refractivity contribution >= 4 is 39.6 Å². The maximum absolute atomic E-state index is 11.9. The predicted octanol–water partition coefficient (Wildman–Crippen LogP) is 4.12. The van der Waals surface area contributed by atoms with E-state index in [0.717, 1.165) is 5.56 Å². The Hall–Kier alpha value is -2.86. The van der Waals surface area contributed by atoms with Gasteiger partial charge in [0.05, 0.1) is 13.5 Å². The molecule has 0 amide bonds. The molecule has 0 atom stereocenters. The Balaban J connectivity index is 1.97. The van der Waals surface area contributed by atoms with Crippen molar-refractivity contribution in [3.05, 3.63) is 64.1 Å². The lowest BCUT2D eigenvalue weighted by Gasteiger charge is -2.06. The molecule has 26 heavy (non-hydrogen) atoms. The molecule has 0 unspecified atom stereocenters. The number of ether oxygens (including phenoxy) is 1. The van der Waals surface area contributed by atoms with Crippen LogP contribution in [0.1, 0.15) is 17.5 Å². The third kappa shape index (κ3) is 5.60. The van der Waals surface area contributed by atoms with E-state index in [4.69, 9.17) is 4.74 Å². The molecule has 6 heteroatoms. The van der Waals surface area contributed by atoms with E-state index in [0.29, 0.717) is 15.8 Å². The highest BCUT2D eigenvalue weighted by Crippen LogP contribution is 2.33. The van der Waals surface area contributed by atoms with Gasteiger partial charge in [-0.2, -0.15) is 0 Å². The molecule has 0 aliphatic heterocycles. The van der Waals surface area contributed by atoms with Crippen LogP contribution in [0, 0.1) is 0 Å². The molecule has 5 nitrogen and oxygen atoms in total. The SMILES string of the molecule is COc1cc(Br)c(C=CC(=O)CC(=O)C=Cc2ccc(O)cc2)cc1O. The first-order valence-corrected chi connectivity index (χ1v) is 8.45. The number of hydrogen-bond donors (Lipinski definition) is 2. The van der Waals surface area contributed by atoms with Crippen LogP contribution in [0.3, 0.4) is 0 Å². The normalized spacial score (nSPS) is 11.2. The van der Waals surface area contributed by atoms with Crippen LogP contribution in [0.4, 0.5) is 0 Å². The molecule has 0 aromatic heterocycles. The van der Waals surface area contributed by atoms with Crippen molar-refractivity contribution in [2.24, 2.45) is 0 Å². The average Bonchev–Trinajstić information content (AvgIpc) is 2.61. The van der Waals surface area contributed by atoms with E-state index >= 15 is 0 Å². The number of benzene rings is 2. The molecule has 0 heterocycles. The van der Waals surface area contributed by atoms with Crippen LogP contribution in [-0.4, -0.2) is 28.9 Å². The molecule has 0 spiro atoms. The van der Waals surface area contributed by atoms with Crippen molar-refractivity contribution in [1.82, 2.24) is 0 Å². The van der Waals surface area contributed by atoms with Gasteiger partial charge < -0.3 is 14.9 Å². The topological polar surface area (TPSA) is 83.8 Å². The zero-order valence-corrected chi connectivity index (χ0v) is 15.6. The Morgan fingerprint density at radius 2 is 1.65 bits per heavy atom. The van der Waals surface area contributed by atoms with Crippen molar-refractivity contribution in [3.8, 4) is 17.2 Å². The zero-order valence-electron chi connectivity index (χ0n) is 14.0. The number of rotatable bonds is 7. The van der Waals surface area contributed by atoms with Crippen LogP contribution in [0.15, 0.2) is 53.0 Å². The van der Waals surface area contributed by atoms with Gasteiger partial charge in [0.1, 0.15) is 5.75 Å². The number of phenols is 2. The molecule has 0 fully saturated rings. The fourth-order valence-corrected chi connectivity index (χ4v) is 2.55. The number of ketones is 2. The van der Waals surface area contributed by atoms with Gasteiger partial charge in [-0.3, -0.25) is 9.59 Å². The molecule has 0 aliphatic carbocycles. The third-order valence-corrected chi connectivity index (χ3v) is 4.14. The summed E-state index contributed by atoms with van der Waals surface area (Å²) in [6.45, 7) is 0. The molecule has 2 rings (SSSR count). The summed E-state index contributed by atoms with van der Waals surface area (Å²) < 4.78 is 5.64. The lowest BCUT2D eigenvalue weighted by Crippen LogP contribution is -2.01. The zero-order chi connectivity index (χ0) is 19.1. The smallest absolute Gasteiger partial charge is 0.163 e. The quantitative estimate of drug-likeness (QED) is 0.523. The number of halogens is 1. The second kappa shape index (κ2) is 9.01. The number of phenolic OH excluding ortho intramolecular Hbond substituents is 2. The summed E-state index contributed by atoms with van der Waals surface area (Å²) in [5, 5.41) is 19.0.